The van der Waals surface area contributed by atoms with Gasteiger partial charge in [-0.05, 0) is 30.7 Å². The Morgan fingerprint density at radius 1 is 1.35 bits per heavy atom. The van der Waals surface area contributed by atoms with Gasteiger partial charge in [-0.25, -0.2) is 0 Å². The van der Waals surface area contributed by atoms with Crippen LogP contribution in [-0.2, 0) is 7.05 Å². The number of hydrogen-bond donors (Lipinski definition) is 1. The number of allylic oxidation sites excluding steroid dienone is 1. The number of halogens is 1. The van der Waals surface area contributed by atoms with Gasteiger partial charge in [0.05, 0.1) is 5.69 Å². The molecule has 0 amide bonds. The van der Waals surface area contributed by atoms with Gasteiger partial charge in [0.15, 0.2) is 0 Å². The molecule has 0 saturated heterocycles. The van der Waals surface area contributed by atoms with Crippen LogP contribution in [-0.4, -0.2) is 9.78 Å². The minimum absolute atomic E-state index is 0.622. The molecule has 1 aromatic carbocycles. The van der Waals surface area contributed by atoms with E-state index in [0.717, 1.165) is 22.4 Å². The summed E-state index contributed by atoms with van der Waals surface area (Å²) in [5.41, 5.74) is 9.51. The number of nitrogens with two attached hydrogens (primary N) is 1. The fraction of sp³-hybridized carbons (Fsp3) is 0.154. The number of rotatable bonds is 2. The number of benzene rings is 1. The molecule has 0 bridgehead atoms. The first-order valence-corrected chi connectivity index (χ1v) is 5.61. The monoisotopic (exact) mass is 247 g/mol. The molecule has 17 heavy (non-hydrogen) atoms. The molecule has 0 radical (unpaired) electrons. The Bertz CT molecular complexity index is 565. The summed E-state index contributed by atoms with van der Waals surface area (Å²) in [6.45, 7) is 5.86. The van der Waals surface area contributed by atoms with Gasteiger partial charge in [0.25, 0.3) is 0 Å². The van der Waals surface area contributed by atoms with Crippen molar-refractivity contribution in [2.24, 2.45) is 7.05 Å². The van der Waals surface area contributed by atoms with Gasteiger partial charge < -0.3 is 5.73 Å². The van der Waals surface area contributed by atoms with Crippen LogP contribution >= 0.6 is 11.6 Å². The molecule has 2 rings (SSSR count). The fourth-order valence-corrected chi connectivity index (χ4v) is 1.84. The van der Waals surface area contributed by atoms with Gasteiger partial charge in [-0.2, -0.15) is 5.10 Å². The Morgan fingerprint density at radius 2 is 2.06 bits per heavy atom. The Hall–Kier alpha value is -1.74. The maximum atomic E-state index is 6.08. The lowest BCUT2D eigenvalue weighted by atomic mass is 10.0. The van der Waals surface area contributed by atoms with E-state index in [0.29, 0.717) is 10.8 Å². The SMILES string of the molecule is C=C(C)c1cc(Cl)cc(-c2cc(N)n(C)n2)c1. The second-order valence-electron chi connectivity index (χ2n) is 4.09. The normalized spacial score (nSPS) is 10.5. The molecule has 0 atom stereocenters. The van der Waals surface area contributed by atoms with Crippen molar-refractivity contribution in [3.63, 3.8) is 0 Å². The van der Waals surface area contributed by atoms with E-state index in [-0.39, 0.29) is 0 Å². The van der Waals surface area contributed by atoms with Gasteiger partial charge in [0, 0.05) is 23.7 Å². The molecule has 0 aliphatic heterocycles. The number of aryl methyl sites for hydroxylation is 1. The molecule has 0 spiro atoms. The molecule has 0 unspecified atom stereocenters. The van der Waals surface area contributed by atoms with E-state index in [9.17, 15) is 0 Å². The third kappa shape index (κ3) is 2.34. The van der Waals surface area contributed by atoms with Gasteiger partial charge in [0.2, 0.25) is 0 Å². The standard InChI is InChI=1S/C13H14ClN3/c1-8(2)9-4-10(6-11(14)5-9)12-7-13(15)17(3)16-12/h4-7H,1,15H2,2-3H3. The summed E-state index contributed by atoms with van der Waals surface area (Å²) < 4.78 is 1.64. The molecule has 0 fully saturated rings. The molecule has 0 aliphatic carbocycles. The lowest BCUT2D eigenvalue weighted by Crippen LogP contribution is -1.96. The van der Waals surface area contributed by atoms with Crippen molar-refractivity contribution in [2.45, 2.75) is 6.92 Å². The van der Waals surface area contributed by atoms with Crippen LogP contribution in [0.5, 0.6) is 0 Å². The molecule has 2 N–H and O–H groups in total. The number of hydrogen-bond acceptors (Lipinski definition) is 2. The summed E-state index contributed by atoms with van der Waals surface area (Å²) in [4.78, 5) is 0. The Kier molecular flexibility index (Phi) is 2.94. The first-order chi connectivity index (χ1) is 7.97. The first kappa shape index (κ1) is 11.7. The van der Waals surface area contributed by atoms with Crippen molar-refractivity contribution in [3.8, 4) is 11.3 Å². The maximum absolute atomic E-state index is 6.08. The topological polar surface area (TPSA) is 43.8 Å². The molecular formula is C13H14ClN3. The van der Waals surface area contributed by atoms with Gasteiger partial charge in [0.1, 0.15) is 5.82 Å². The van der Waals surface area contributed by atoms with E-state index in [2.05, 4.69) is 11.7 Å². The van der Waals surface area contributed by atoms with E-state index in [1.54, 1.807) is 4.68 Å². The van der Waals surface area contributed by atoms with Crippen LogP contribution in [0, 0.1) is 0 Å². The second-order valence-corrected chi connectivity index (χ2v) is 4.52. The minimum atomic E-state index is 0.622. The average Bonchev–Trinajstić information content (AvgIpc) is 2.58. The lowest BCUT2D eigenvalue weighted by Gasteiger charge is -2.04. The van der Waals surface area contributed by atoms with E-state index >= 15 is 0 Å². The zero-order chi connectivity index (χ0) is 12.6. The van der Waals surface area contributed by atoms with Crippen LogP contribution in [0.1, 0.15) is 12.5 Å². The van der Waals surface area contributed by atoms with Crippen LogP contribution in [0.15, 0.2) is 30.8 Å². The van der Waals surface area contributed by atoms with Gasteiger partial charge in [-0.1, -0.05) is 23.8 Å². The molecular weight excluding hydrogens is 234 g/mol. The highest BCUT2D eigenvalue weighted by atomic mass is 35.5. The van der Waals surface area contributed by atoms with Gasteiger partial charge >= 0.3 is 0 Å². The van der Waals surface area contributed by atoms with E-state index in [1.165, 1.54) is 0 Å². The highest BCUT2D eigenvalue weighted by Crippen LogP contribution is 2.27. The quantitative estimate of drug-likeness (QED) is 0.884. The van der Waals surface area contributed by atoms with E-state index in [1.807, 2.05) is 38.2 Å². The summed E-state index contributed by atoms with van der Waals surface area (Å²) in [5, 5.41) is 5.00. The summed E-state index contributed by atoms with van der Waals surface area (Å²) >= 11 is 6.08. The van der Waals surface area contributed by atoms with Crippen molar-refractivity contribution in [1.82, 2.24) is 9.78 Å². The molecule has 3 nitrogen and oxygen atoms in total. The maximum Gasteiger partial charge on any atom is 0.121 e. The number of aromatic nitrogens is 2. The molecule has 0 aliphatic rings. The van der Waals surface area contributed by atoms with Crippen molar-refractivity contribution in [2.75, 3.05) is 5.73 Å². The Labute approximate surface area is 106 Å². The molecule has 4 heteroatoms. The smallest absolute Gasteiger partial charge is 0.121 e. The van der Waals surface area contributed by atoms with E-state index in [4.69, 9.17) is 17.3 Å². The highest BCUT2D eigenvalue weighted by Gasteiger charge is 2.07. The van der Waals surface area contributed by atoms with Gasteiger partial charge in [-0.3, -0.25) is 4.68 Å². The molecule has 0 saturated carbocycles. The Morgan fingerprint density at radius 3 is 2.59 bits per heavy atom. The van der Waals surface area contributed by atoms with Gasteiger partial charge in [-0.15, -0.1) is 0 Å². The molecule has 88 valence electrons. The summed E-state index contributed by atoms with van der Waals surface area (Å²) in [5.74, 6) is 0.622. The third-order valence-corrected chi connectivity index (χ3v) is 2.82. The van der Waals surface area contributed by atoms with Crippen molar-refractivity contribution in [1.29, 1.82) is 0 Å². The van der Waals surface area contributed by atoms with Crippen LogP contribution < -0.4 is 5.73 Å². The second kappa shape index (κ2) is 4.26. The number of anilines is 1. The van der Waals surface area contributed by atoms with E-state index < -0.39 is 0 Å². The zero-order valence-electron chi connectivity index (χ0n) is 9.87. The number of nitrogen functional groups attached to an aromatic ring is 1. The van der Waals surface area contributed by atoms with Crippen LogP contribution in [0.2, 0.25) is 5.02 Å². The molecule has 1 heterocycles. The van der Waals surface area contributed by atoms with Crippen LogP contribution in [0.25, 0.3) is 16.8 Å². The number of nitrogens with zero attached hydrogens (tertiary/aromatic N) is 2. The minimum Gasteiger partial charge on any atom is -0.384 e. The molecule has 1 aromatic heterocycles. The van der Waals surface area contributed by atoms with Crippen LogP contribution in [0.4, 0.5) is 5.82 Å². The molecule has 2 aromatic rings. The third-order valence-electron chi connectivity index (χ3n) is 2.60. The average molecular weight is 248 g/mol. The highest BCUT2D eigenvalue weighted by molar-refractivity contribution is 6.31. The van der Waals surface area contributed by atoms with Crippen LogP contribution in [0.3, 0.4) is 0 Å². The van der Waals surface area contributed by atoms with Crippen molar-refractivity contribution in [3.05, 3.63) is 41.4 Å². The summed E-state index contributed by atoms with van der Waals surface area (Å²) in [6, 6.07) is 7.60. The lowest BCUT2D eigenvalue weighted by molar-refractivity contribution is 0.782. The first-order valence-electron chi connectivity index (χ1n) is 5.24. The predicted molar refractivity (Wildman–Crippen MR) is 72.8 cm³/mol. The van der Waals surface area contributed by atoms with Crippen molar-refractivity contribution >= 4 is 23.0 Å². The zero-order valence-corrected chi connectivity index (χ0v) is 10.6. The van der Waals surface area contributed by atoms with Crippen molar-refractivity contribution < 1.29 is 0 Å². The predicted octanol–water partition coefficient (Wildman–Crippen LogP) is 3.36. The Balaban J connectivity index is 2.55. The fourth-order valence-electron chi connectivity index (χ4n) is 1.61. The summed E-state index contributed by atoms with van der Waals surface area (Å²) in [6.07, 6.45) is 0. The largest absolute Gasteiger partial charge is 0.384 e. The summed E-state index contributed by atoms with van der Waals surface area (Å²) in [7, 11) is 1.81.